The van der Waals surface area contributed by atoms with Gasteiger partial charge in [0.05, 0.1) is 35.4 Å². The van der Waals surface area contributed by atoms with Gasteiger partial charge in [-0.15, -0.1) is 0 Å². The molecule has 2 aliphatic heterocycles. The molecule has 1 aromatic carbocycles. The Morgan fingerprint density at radius 1 is 1.20 bits per heavy atom. The molecule has 3 aromatic heterocycles. The van der Waals surface area contributed by atoms with Crippen LogP contribution in [0.25, 0.3) is 11.1 Å². The van der Waals surface area contributed by atoms with Crippen LogP contribution in [0.15, 0.2) is 41.2 Å². The van der Waals surface area contributed by atoms with Gasteiger partial charge in [-0.1, -0.05) is 0 Å². The minimum atomic E-state index is -0.970. The summed E-state index contributed by atoms with van der Waals surface area (Å²) < 4.78 is 7.65. The molecule has 0 spiro atoms. The molecular formula is C27H31N9O4. The summed E-state index contributed by atoms with van der Waals surface area (Å²) in [5.74, 6) is -0.519. The average molecular weight is 546 g/mol. The number of carbonyl (C=O) groups is 2. The Labute approximate surface area is 230 Å². The first-order valence-corrected chi connectivity index (χ1v) is 13.2. The van der Waals surface area contributed by atoms with Crippen LogP contribution in [-0.4, -0.2) is 77.8 Å². The molecule has 0 saturated carbocycles. The van der Waals surface area contributed by atoms with E-state index in [2.05, 4.69) is 25.4 Å². The maximum atomic E-state index is 13.2. The van der Waals surface area contributed by atoms with E-state index in [0.29, 0.717) is 53.7 Å². The van der Waals surface area contributed by atoms with Gasteiger partial charge in [0.25, 0.3) is 17.8 Å². The molecule has 0 unspecified atom stereocenters. The zero-order valence-corrected chi connectivity index (χ0v) is 22.5. The predicted molar refractivity (Wildman–Crippen MR) is 146 cm³/mol. The van der Waals surface area contributed by atoms with Gasteiger partial charge in [-0.2, -0.15) is 10.1 Å². The van der Waals surface area contributed by atoms with E-state index < -0.39 is 11.5 Å². The SMILES string of the molecule is Cn1cc(Nc2ncc(C3CN(c4nc5ccc(C(=O)N6CCC[C@@H]6C(C)(C)O)cc5o4)C3)nc2C(N)=O)cn1. The summed E-state index contributed by atoms with van der Waals surface area (Å²) in [7, 11) is 1.79. The molecule has 6 rings (SSSR count). The average Bonchev–Trinajstić information content (AvgIpc) is 3.62. The quantitative estimate of drug-likeness (QED) is 0.313. The largest absolute Gasteiger partial charge is 0.423 e. The van der Waals surface area contributed by atoms with E-state index in [4.69, 9.17) is 10.2 Å². The second-order valence-corrected chi connectivity index (χ2v) is 11.0. The van der Waals surface area contributed by atoms with Crippen molar-refractivity contribution in [2.24, 2.45) is 12.8 Å². The van der Waals surface area contributed by atoms with Crippen molar-refractivity contribution in [2.45, 2.75) is 44.2 Å². The molecule has 4 N–H and O–H groups in total. The highest BCUT2D eigenvalue weighted by atomic mass is 16.4. The topological polar surface area (TPSA) is 169 Å². The first-order valence-electron chi connectivity index (χ1n) is 13.2. The third-order valence-corrected chi connectivity index (χ3v) is 7.52. The number of nitrogens with one attached hydrogen (secondary N) is 1. The number of aromatic nitrogens is 5. The molecule has 208 valence electrons. The number of amides is 2. The molecule has 5 heterocycles. The van der Waals surface area contributed by atoms with Gasteiger partial charge >= 0.3 is 0 Å². The van der Waals surface area contributed by atoms with Crippen molar-refractivity contribution in [2.75, 3.05) is 29.9 Å². The Morgan fingerprint density at radius 2 is 2.00 bits per heavy atom. The highest BCUT2D eigenvalue weighted by Gasteiger charge is 2.39. The molecule has 1 atom stereocenters. The van der Waals surface area contributed by atoms with E-state index in [1.54, 1.807) is 67.3 Å². The number of primary amides is 1. The number of likely N-dealkylation sites (tertiary alicyclic amines) is 1. The first-order chi connectivity index (χ1) is 19.1. The number of oxazole rings is 1. The number of benzene rings is 1. The van der Waals surface area contributed by atoms with Gasteiger partial charge in [-0.25, -0.2) is 9.97 Å². The van der Waals surface area contributed by atoms with Gasteiger partial charge in [0.2, 0.25) is 0 Å². The fourth-order valence-corrected chi connectivity index (χ4v) is 5.40. The van der Waals surface area contributed by atoms with Crippen LogP contribution < -0.4 is 16.0 Å². The highest BCUT2D eigenvalue weighted by Crippen LogP contribution is 2.34. The Bertz CT molecular complexity index is 1600. The van der Waals surface area contributed by atoms with E-state index in [0.717, 1.165) is 12.8 Å². The lowest BCUT2D eigenvalue weighted by molar-refractivity contribution is 0.000340. The van der Waals surface area contributed by atoms with Crippen LogP contribution in [0.5, 0.6) is 0 Å². The summed E-state index contributed by atoms with van der Waals surface area (Å²) in [6.07, 6.45) is 6.64. The molecule has 0 radical (unpaired) electrons. The number of rotatable bonds is 7. The van der Waals surface area contributed by atoms with Crippen molar-refractivity contribution >= 4 is 40.4 Å². The van der Waals surface area contributed by atoms with Gasteiger partial charge in [-0.3, -0.25) is 14.3 Å². The molecule has 2 aliphatic rings. The van der Waals surface area contributed by atoms with Gasteiger partial charge in [0.15, 0.2) is 17.1 Å². The van der Waals surface area contributed by atoms with E-state index in [9.17, 15) is 14.7 Å². The third-order valence-electron chi connectivity index (χ3n) is 7.52. The normalized spacial score (nSPS) is 17.9. The van der Waals surface area contributed by atoms with Gasteiger partial charge in [0, 0.05) is 44.4 Å². The predicted octanol–water partition coefficient (Wildman–Crippen LogP) is 2.17. The number of aliphatic hydroxyl groups is 1. The third kappa shape index (κ3) is 4.72. The lowest BCUT2D eigenvalue weighted by Crippen LogP contribution is -2.48. The van der Waals surface area contributed by atoms with Crippen LogP contribution in [0.4, 0.5) is 17.5 Å². The van der Waals surface area contributed by atoms with E-state index in [-0.39, 0.29) is 29.4 Å². The van der Waals surface area contributed by atoms with Gasteiger partial charge in [-0.05, 0) is 44.9 Å². The molecule has 2 amide bonds. The maximum absolute atomic E-state index is 13.2. The number of fused-ring (bicyclic) bond motifs is 1. The monoisotopic (exact) mass is 545 g/mol. The summed E-state index contributed by atoms with van der Waals surface area (Å²) in [6, 6.07) is 5.46. The second kappa shape index (κ2) is 9.59. The van der Waals surface area contributed by atoms with Gasteiger partial charge < -0.3 is 30.4 Å². The number of aryl methyl sites for hydroxylation is 1. The Morgan fingerprint density at radius 3 is 2.70 bits per heavy atom. The summed E-state index contributed by atoms with van der Waals surface area (Å²) in [5.41, 5.74) is 7.67. The lowest BCUT2D eigenvalue weighted by atomic mass is 9.96. The summed E-state index contributed by atoms with van der Waals surface area (Å²) >= 11 is 0. The Hall–Kier alpha value is -4.52. The molecule has 4 aromatic rings. The molecule has 0 aliphatic carbocycles. The number of anilines is 3. The van der Waals surface area contributed by atoms with E-state index >= 15 is 0 Å². The number of hydrogen-bond acceptors (Lipinski definition) is 10. The lowest BCUT2D eigenvalue weighted by Gasteiger charge is -2.37. The van der Waals surface area contributed by atoms with Crippen molar-refractivity contribution in [3.8, 4) is 0 Å². The van der Waals surface area contributed by atoms with Crippen LogP contribution in [-0.2, 0) is 7.05 Å². The van der Waals surface area contributed by atoms with Crippen molar-refractivity contribution in [3.05, 3.63) is 53.7 Å². The molecule has 2 fully saturated rings. The number of carbonyl (C=O) groups excluding carboxylic acids is 2. The summed E-state index contributed by atoms with van der Waals surface area (Å²) in [6.45, 7) is 5.24. The fourth-order valence-electron chi connectivity index (χ4n) is 5.40. The second-order valence-electron chi connectivity index (χ2n) is 11.0. The van der Waals surface area contributed by atoms with Gasteiger partial charge in [0.1, 0.15) is 5.52 Å². The molecule has 40 heavy (non-hydrogen) atoms. The highest BCUT2D eigenvalue weighted by molar-refractivity contribution is 5.98. The zero-order chi connectivity index (χ0) is 28.2. The number of nitrogens with zero attached hydrogens (tertiary/aromatic N) is 7. The molecule has 13 heteroatoms. The zero-order valence-electron chi connectivity index (χ0n) is 22.5. The van der Waals surface area contributed by atoms with Crippen LogP contribution in [0.1, 0.15) is 59.1 Å². The first kappa shape index (κ1) is 25.7. The molecular weight excluding hydrogens is 514 g/mol. The summed E-state index contributed by atoms with van der Waals surface area (Å²) in [4.78, 5) is 42.5. The van der Waals surface area contributed by atoms with Crippen LogP contribution in [0.3, 0.4) is 0 Å². The number of nitrogens with two attached hydrogens (primary N) is 1. The maximum Gasteiger partial charge on any atom is 0.298 e. The standard InChI is InChI=1S/C27H31N9O4/c1-27(2,39)21-5-4-8-36(21)25(38)15-6-7-18-20(9-15)40-26(33-18)35-12-16(13-35)19-11-29-24(22(32-19)23(28)37)31-17-10-30-34(3)14-17/h6-7,9-11,14,16,21,39H,4-5,8,12-13H2,1-3H3,(H2,28,37)(H,29,31)/t21-/m1/s1. The minimum absolute atomic E-state index is 0.0131. The van der Waals surface area contributed by atoms with Crippen molar-refractivity contribution < 1.29 is 19.1 Å². The van der Waals surface area contributed by atoms with Crippen LogP contribution in [0, 0.1) is 0 Å². The fraction of sp³-hybridized carbons (Fsp3) is 0.407. The molecule has 13 nitrogen and oxygen atoms in total. The van der Waals surface area contributed by atoms with E-state index in [1.165, 1.54) is 0 Å². The smallest absolute Gasteiger partial charge is 0.298 e. The summed E-state index contributed by atoms with van der Waals surface area (Å²) in [5, 5.41) is 17.6. The van der Waals surface area contributed by atoms with Crippen LogP contribution >= 0.6 is 0 Å². The van der Waals surface area contributed by atoms with Crippen molar-refractivity contribution in [1.82, 2.24) is 29.6 Å². The Balaban J connectivity index is 1.15. The Kier molecular flexibility index (Phi) is 6.17. The molecule has 0 bridgehead atoms. The van der Waals surface area contributed by atoms with Crippen molar-refractivity contribution in [1.29, 1.82) is 0 Å². The van der Waals surface area contributed by atoms with E-state index in [1.807, 2.05) is 4.90 Å². The van der Waals surface area contributed by atoms with Crippen molar-refractivity contribution in [3.63, 3.8) is 0 Å². The van der Waals surface area contributed by atoms with Crippen LogP contribution in [0.2, 0.25) is 0 Å². The molecule has 2 saturated heterocycles. The number of hydrogen-bond donors (Lipinski definition) is 3. The minimum Gasteiger partial charge on any atom is -0.423 e.